The summed E-state index contributed by atoms with van der Waals surface area (Å²) in [6.07, 6.45) is 0. The van der Waals surface area contributed by atoms with Crippen LogP contribution in [-0.2, 0) is 0 Å². The molecule has 1 rings (SSSR count). The number of hydrogen-bond acceptors (Lipinski definition) is 3. The zero-order chi connectivity index (χ0) is 10.8. The minimum absolute atomic E-state index is 0.383. The molecule has 0 heterocycles. The van der Waals surface area contributed by atoms with Gasteiger partial charge in [0.1, 0.15) is 5.82 Å². The number of halogens is 4. The first-order chi connectivity index (χ1) is 6.42. The molecule has 78 valence electrons. The lowest BCUT2D eigenvalue weighted by molar-refractivity contribution is -0.0329. The molecule has 14 heavy (non-hydrogen) atoms. The third-order valence-corrected chi connectivity index (χ3v) is 2.57. The summed E-state index contributed by atoms with van der Waals surface area (Å²) >= 11 is 0.301. The zero-order valence-corrected chi connectivity index (χ0v) is 8.27. The maximum atomic E-state index is 13.0. The minimum Gasteiger partial charge on any atom is -0.274 e. The van der Waals surface area contributed by atoms with E-state index in [-0.39, 0.29) is 0 Å². The van der Waals surface area contributed by atoms with Gasteiger partial charge in [-0.25, -0.2) is 4.39 Å². The van der Waals surface area contributed by atoms with Gasteiger partial charge in [0.15, 0.2) is 0 Å². The lowest BCUT2D eigenvalue weighted by atomic mass is 10.3. The quantitative estimate of drug-likeness (QED) is 0.489. The van der Waals surface area contributed by atoms with E-state index in [0.29, 0.717) is 4.90 Å². The second-order valence-electron chi connectivity index (χ2n) is 2.26. The molecule has 1 nitrogen and oxygen atoms in total. The highest BCUT2D eigenvalue weighted by atomic mass is 32.2. The first-order valence-corrected chi connectivity index (χ1v) is 5.04. The van der Waals surface area contributed by atoms with Crippen molar-refractivity contribution in [2.24, 2.45) is 5.14 Å². The van der Waals surface area contributed by atoms with Crippen molar-refractivity contribution < 1.29 is 17.6 Å². The Bertz CT molecular complexity index is 326. The van der Waals surface area contributed by atoms with Gasteiger partial charge in [0.05, 0.1) is 4.90 Å². The number of rotatable bonds is 2. The van der Waals surface area contributed by atoms with Crippen molar-refractivity contribution in [1.29, 1.82) is 0 Å². The van der Waals surface area contributed by atoms with E-state index in [1.54, 1.807) is 0 Å². The number of benzene rings is 1. The predicted molar refractivity (Wildman–Crippen MR) is 48.4 cm³/mol. The zero-order valence-electron chi connectivity index (χ0n) is 6.64. The summed E-state index contributed by atoms with van der Waals surface area (Å²) in [6, 6.07) is 3.36. The van der Waals surface area contributed by atoms with Crippen LogP contribution in [0.15, 0.2) is 28.0 Å². The third-order valence-electron chi connectivity index (χ3n) is 1.27. The average Bonchev–Trinajstić information content (AvgIpc) is 2.06. The van der Waals surface area contributed by atoms with Gasteiger partial charge >= 0.3 is 5.51 Å². The van der Waals surface area contributed by atoms with Crippen LogP contribution in [0, 0.1) is 5.82 Å². The fourth-order valence-corrected chi connectivity index (χ4v) is 1.62. The normalized spacial score (nSPS) is 11.8. The summed E-state index contributed by atoms with van der Waals surface area (Å²) in [5.74, 6) is -0.914. The van der Waals surface area contributed by atoms with Gasteiger partial charge in [0.25, 0.3) is 0 Å². The Labute approximate surface area is 86.2 Å². The van der Waals surface area contributed by atoms with E-state index in [1.807, 2.05) is 0 Å². The Balaban J connectivity index is 2.89. The van der Waals surface area contributed by atoms with Gasteiger partial charge < -0.3 is 0 Å². The Morgan fingerprint density at radius 1 is 1.21 bits per heavy atom. The molecule has 0 bridgehead atoms. The highest BCUT2D eigenvalue weighted by Crippen LogP contribution is 2.38. The van der Waals surface area contributed by atoms with E-state index in [0.717, 1.165) is 24.1 Å². The van der Waals surface area contributed by atoms with Crippen LogP contribution < -0.4 is 5.14 Å². The fourth-order valence-electron chi connectivity index (χ4n) is 0.762. The molecule has 0 aliphatic heterocycles. The molecule has 0 unspecified atom stereocenters. The van der Waals surface area contributed by atoms with Crippen LogP contribution in [0.3, 0.4) is 0 Å². The largest absolute Gasteiger partial charge is 0.446 e. The first kappa shape index (κ1) is 11.7. The molecule has 0 saturated carbocycles. The van der Waals surface area contributed by atoms with Crippen molar-refractivity contribution >= 4 is 23.7 Å². The Morgan fingerprint density at radius 2 is 1.86 bits per heavy atom. The SMILES string of the molecule is NSc1ccc(SC(F)(F)F)c(F)c1. The molecule has 7 heteroatoms. The molecule has 0 saturated heterocycles. The molecule has 0 spiro atoms. The molecule has 1 aromatic rings. The number of hydrogen-bond donors (Lipinski definition) is 1. The molecule has 0 radical (unpaired) electrons. The van der Waals surface area contributed by atoms with Crippen molar-refractivity contribution in [2.75, 3.05) is 0 Å². The second-order valence-corrected chi connectivity index (χ2v) is 4.07. The van der Waals surface area contributed by atoms with Crippen molar-refractivity contribution in [1.82, 2.24) is 0 Å². The first-order valence-electron chi connectivity index (χ1n) is 3.34. The lowest BCUT2D eigenvalue weighted by Gasteiger charge is -2.06. The van der Waals surface area contributed by atoms with E-state index in [4.69, 9.17) is 5.14 Å². The Hall–Kier alpha value is -0.400. The monoisotopic (exact) mass is 243 g/mol. The van der Waals surface area contributed by atoms with Crippen molar-refractivity contribution in [3.63, 3.8) is 0 Å². The molecule has 2 N–H and O–H groups in total. The number of nitrogens with two attached hydrogens (primary N) is 1. The van der Waals surface area contributed by atoms with E-state index in [1.165, 1.54) is 6.07 Å². The molecule has 0 amide bonds. The van der Waals surface area contributed by atoms with Crippen molar-refractivity contribution in [2.45, 2.75) is 15.3 Å². The standard InChI is InChI=1S/C7H5F4NS2/c8-5-3-4(14-12)1-2-6(5)13-7(9,10)11/h1-3H,12H2. The van der Waals surface area contributed by atoms with Gasteiger partial charge in [-0.1, -0.05) is 0 Å². The average molecular weight is 243 g/mol. The van der Waals surface area contributed by atoms with Gasteiger partial charge in [0.2, 0.25) is 0 Å². The van der Waals surface area contributed by atoms with Crippen molar-refractivity contribution in [3.05, 3.63) is 24.0 Å². The maximum Gasteiger partial charge on any atom is 0.446 e. The summed E-state index contributed by atoms with van der Waals surface area (Å²) in [7, 11) is 0. The van der Waals surface area contributed by atoms with Gasteiger partial charge in [-0.2, -0.15) is 13.2 Å². The highest BCUT2D eigenvalue weighted by Gasteiger charge is 2.30. The van der Waals surface area contributed by atoms with Gasteiger partial charge in [0, 0.05) is 4.90 Å². The molecule has 0 fully saturated rings. The molecule has 0 aromatic heterocycles. The second kappa shape index (κ2) is 4.41. The van der Waals surface area contributed by atoms with E-state index in [9.17, 15) is 17.6 Å². The van der Waals surface area contributed by atoms with Crippen LogP contribution in [0.1, 0.15) is 0 Å². The highest BCUT2D eigenvalue weighted by molar-refractivity contribution is 8.00. The molecule has 0 aliphatic rings. The molecular formula is C7H5F4NS2. The Kier molecular flexibility index (Phi) is 3.68. The van der Waals surface area contributed by atoms with Crippen LogP contribution in [0.5, 0.6) is 0 Å². The molecule has 0 aliphatic carbocycles. The fraction of sp³-hybridized carbons (Fsp3) is 0.143. The minimum atomic E-state index is -4.47. The number of alkyl halides is 3. The summed E-state index contributed by atoms with van der Waals surface area (Å²) < 4.78 is 48.6. The van der Waals surface area contributed by atoms with Crippen LogP contribution in [0.25, 0.3) is 0 Å². The predicted octanol–water partition coefficient (Wildman–Crippen LogP) is 3.40. The summed E-state index contributed by atoms with van der Waals surface area (Å²) in [5, 5.41) is 5.12. The smallest absolute Gasteiger partial charge is 0.274 e. The summed E-state index contributed by atoms with van der Waals surface area (Å²) in [4.78, 5) is -0.0654. The van der Waals surface area contributed by atoms with Crippen LogP contribution in [-0.4, -0.2) is 5.51 Å². The summed E-state index contributed by atoms with van der Waals surface area (Å²) in [5.41, 5.74) is -4.47. The Morgan fingerprint density at radius 3 is 2.29 bits per heavy atom. The van der Waals surface area contributed by atoms with E-state index in [2.05, 4.69) is 0 Å². The topological polar surface area (TPSA) is 26.0 Å². The van der Waals surface area contributed by atoms with Crippen molar-refractivity contribution in [3.8, 4) is 0 Å². The number of thioether (sulfide) groups is 1. The van der Waals surface area contributed by atoms with Crippen LogP contribution in [0.4, 0.5) is 17.6 Å². The van der Waals surface area contributed by atoms with E-state index >= 15 is 0 Å². The molecule has 1 aromatic carbocycles. The maximum absolute atomic E-state index is 13.0. The van der Waals surface area contributed by atoms with E-state index < -0.39 is 28.0 Å². The van der Waals surface area contributed by atoms with Gasteiger partial charge in [-0.15, -0.1) is 0 Å². The van der Waals surface area contributed by atoms with Gasteiger partial charge in [-0.3, -0.25) is 5.14 Å². The lowest BCUT2D eigenvalue weighted by Crippen LogP contribution is -2.00. The van der Waals surface area contributed by atoms with Gasteiger partial charge in [-0.05, 0) is 41.9 Å². The molecular weight excluding hydrogens is 238 g/mol. The molecule has 0 atom stereocenters. The summed E-state index contributed by atoms with van der Waals surface area (Å²) in [6.45, 7) is 0. The van der Waals surface area contributed by atoms with Crippen LogP contribution >= 0.6 is 23.7 Å². The third kappa shape index (κ3) is 3.39. The van der Waals surface area contributed by atoms with Crippen LogP contribution in [0.2, 0.25) is 0 Å².